The third kappa shape index (κ3) is 2.28. The van der Waals surface area contributed by atoms with Crippen LogP contribution in [-0.2, 0) is 19.1 Å². The molecule has 4 rings (SSSR count). The number of carbonyl (C=O) groups is 3. The van der Waals surface area contributed by atoms with Crippen LogP contribution in [0.25, 0.3) is 0 Å². The van der Waals surface area contributed by atoms with Crippen molar-refractivity contribution in [2.24, 2.45) is 23.7 Å². The maximum absolute atomic E-state index is 12.4. The topological polar surface area (TPSA) is 78.9 Å². The van der Waals surface area contributed by atoms with Gasteiger partial charge < -0.3 is 14.2 Å². The molecule has 24 heavy (non-hydrogen) atoms. The number of methoxy groups -OCH3 is 1. The SMILES string of the molecule is COc1ccc(C(=O)COC(=O)[C@@H]2[C@@H]3C[C@@H]4[C@H]2C(=O)O[C@@H]4C3)cc1. The van der Waals surface area contributed by atoms with Crippen molar-refractivity contribution in [1.29, 1.82) is 0 Å². The number of esters is 2. The van der Waals surface area contributed by atoms with Crippen molar-refractivity contribution in [2.75, 3.05) is 13.7 Å². The maximum atomic E-state index is 12.4. The van der Waals surface area contributed by atoms with Gasteiger partial charge in [-0.3, -0.25) is 14.4 Å². The van der Waals surface area contributed by atoms with Crippen molar-refractivity contribution < 1.29 is 28.6 Å². The van der Waals surface area contributed by atoms with Crippen LogP contribution in [-0.4, -0.2) is 37.5 Å². The summed E-state index contributed by atoms with van der Waals surface area (Å²) in [7, 11) is 1.55. The summed E-state index contributed by atoms with van der Waals surface area (Å²) >= 11 is 0. The first-order valence-electron chi connectivity index (χ1n) is 8.13. The number of ketones is 1. The van der Waals surface area contributed by atoms with Gasteiger partial charge in [0.05, 0.1) is 18.9 Å². The second-order valence-corrected chi connectivity index (χ2v) is 6.68. The lowest BCUT2D eigenvalue weighted by molar-refractivity contribution is -0.154. The summed E-state index contributed by atoms with van der Waals surface area (Å²) in [6.07, 6.45) is 1.56. The summed E-state index contributed by atoms with van der Waals surface area (Å²) in [5.74, 6) is -0.902. The lowest BCUT2D eigenvalue weighted by Crippen LogP contribution is -2.34. The van der Waals surface area contributed by atoms with E-state index in [2.05, 4.69) is 0 Å². The molecule has 5 atom stereocenters. The molecule has 6 heteroatoms. The third-order valence-corrected chi connectivity index (χ3v) is 5.51. The molecule has 3 fully saturated rings. The van der Waals surface area contributed by atoms with Gasteiger partial charge in [0, 0.05) is 11.5 Å². The molecule has 6 nitrogen and oxygen atoms in total. The van der Waals surface area contributed by atoms with Crippen LogP contribution in [0.5, 0.6) is 5.75 Å². The van der Waals surface area contributed by atoms with Crippen molar-refractivity contribution in [3.8, 4) is 5.75 Å². The minimum absolute atomic E-state index is 0.0162. The highest BCUT2D eigenvalue weighted by molar-refractivity contribution is 5.98. The number of carbonyl (C=O) groups excluding carboxylic acids is 3. The fourth-order valence-corrected chi connectivity index (χ4v) is 4.42. The van der Waals surface area contributed by atoms with Crippen LogP contribution in [0.3, 0.4) is 0 Å². The van der Waals surface area contributed by atoms with Gasteiger partial charge in [-0.25, -0.2) is 0 Å². The van der Waals surface area contributed by atoms with Gasteiger partial charge in [-0.15, -0.1) is 0 Å². The van der Waals surface area contributed by atoms with E-state index in [1.165, 1.54) is 0 Å². The molecule has 1 heterocycles. The van der Waals surface area contributed by atoms with E-state index >= 15 is 0 Å². The van der Waals surface area contributed by atoms with Crippen molar-refractivity contribution >= 4 is 17.7 Å². The summed E-state index contributed by atoms with van der Waals surface area (Å²) in [5, 5.41) is 0. The molecule has 0 unspecified atom stereocenters. The zero-order valence-corrected chi connectivity index (χ0v) is 13.3. The predicted octanol–water partition coefficient (Wildman–Crippen LogP) is 1.62. The Morgan fingerprint density at radius 2 is 1.96 bits per heavy atom. The molecule has 0 spiro atoms. The number of ether oxygens (including phenoxy) is 3. The molecular weight excluding hydrogens is 312 g/mol. The van der Waals surface area contributed by atoms with E-state index in [9.17, 15) is 14.4 Å². The first-order valence-corrected chi connectivity index (χ1v) is 8.13. The number of hydrogen-bond donors (Lipinski definition) is 0. The zero-order chi connectivity index (χ0) is 16.8. The number of benzene rings is 1. The maximum Gasteiger partial charge on any atom is 0.310 e. The van der Waals surface area contributed by atoms with E-state index in [0.29, 0.717) is 11.3 Å². The van der Waals surface area contributed by atoms with E-state index < -0.39 is 11.9 Å². The molecule has 126 valence electrons. The average Bonchev–Trinajstić information content (AvgIpc) is 3.21. The molecule has 2 bridgehead atoms. The Kier molecular flexibility index (Phi) is 3.55. The Morgan fingerprint density at radius 1 is 1.21 bits per heavy atom. The van der Waals surface area contributed by atoms with Gasteiger partial charge in [-0.1, -0.05) is 0 Å². The van der Waals surface area contributed by atoms with Gasteiger partial charge in [-0.05, 0) is 43.0 Å². The Bertz CT molecular complexity index is 692. The highest BCUT2D eigenvalue weighted by atomic mass is 16.6. The summed E-state index contributed by atoms with van der Waals surface area (Å²) in [6, 6.07) is 6.62. The molecule has 1 saturated heterocycles. The predicted molar refractivity (Wildman–Crippen MR) is 81.4 cm³/mol. The van der Waals surface area contributed by atoms with E-state index in [0.717, 1.165) is 12.8 Å². The van der Waals surface area contributed by atoms with Gasteiger partial charge in [0.2, 0.25) is 0 Å². The minimum atomic E-state index is -0.454. The van der Waals surface area contributed by atoms with Crippen LogP contribution in [0.1, 0.15) is 23.2 Å². The monoisotopic (exact) mass is 330 g/mol. The highest BCUT2D eigenvalue weighted by Crippen LogP contribution is 2.57. The summed E-state index contributed by atoms with van der Waals surface area (Å²) in [6.45, 7) is -0.315. The number of rotatable bonds is 5. The Balaban J connectivity index is 1.38. The summed E-state index contributed by atoms with van der Waals surface area (Å²) in [4.78, 5) is 36.5. The van der Waals surface area contributed by atoms with E-state index in [-0.39, 0.29) is 42.2 Å². The molecule has 0 aromatic heterocycles. The second-order valence-electron chi connectivity index (χ2n) is 6.68. The minimum Gasteiger partial charge on any atom is -0.497 e. The van der Waals surface area contributed by atoms with Crippen LogP contribution in [0.4, 0.5) is 0 Å². The average molecular weight is 330 g/mol. The largest absolute Gasteiger partial charge is 0.497 e. The van der Waals surface area contributed by atoms with Gasteiger partial charge in [0.15, 0.2) is 12.4 Å². The van der Waals surface area contributed by atoms with Crippen molar-refractivity contribution in [2.45, 2.75) is 18.9 Å². The van der Waals surface area contributed by atoms with Crippen LogP contribution in [0, 0.1) is 23.7 Å². The van der Waals surface area contributed by atoms with Crippen LogP contribution >= 0.6 is 0 Å². The smallest absolute Gasteiger partial charge is 0.310 e. The van der Waals surface area contributed by atoms with Gasteiger partial charge in [-0.2, -0.15) is 0 Å². The van der Waals surface area contributed by atoms with Crippen LogP contribution in [0.2, 0.25) is 0 Å². The fourth-order valence-electron chi connectivity index (χ4n) is 4.42. The molecule has 1 aliphatic heterocycles. The molecule has 2 aliphatic carbocycles. The Hall–Kier alpha value is -2.37. The standard InChI is InChI=1S/C18H18O6/c1-22-11-4-2-9(3-5-11)13(19)8-23-17(20)15-10-6-12-14(7-10)24-18(21)16(12)15/h2-5,10,12,14-16H,6-8H2,1H3/t10-,12+,14-,15-,16-/m1/s1. The number of Topliss-reactive ketones (excluding diaryl/α,β-unsaturated/α-hetero) is 1. The van der Waals surface area contributed by atoms with E-state index in [4.69, 9.17) is 14.2 Å². The molecule has 0 radical (unpaired) electrons. The van der Waals surface area contributed by atoms with Crippen molar-refractivity contribution in [3.05, 3.63) is 29.8 Å². The Morgan fingerprint density at radius 3 is 2.67 bits per heavy atom. The first-order chi connectivity index (χ1) is 11.6. The van der Waals surface area contributed by atoms with Crippen molar-refractivity contribution in [1.82, 2.24) is 0 Å². The van der Waals surface area contributed by atoms with Gasteiger partial charge in [0.25, 0.3) is 0 Å². The molecule has 0 N–H and O–H groups in total. The summed E-state index contributed by atoms with van der Waals surface area (Å²) < 4.78 is 15.6. The second kappa shape index (κ2) is 5.61. The number of hydrogen-bond acceptors (Lipinski definition) is 6. The lowest BCUT2D eigenvalue weighted by atomic mass is 9.80. The van der Waals surface area contributed by atoms with Gasteiger partial charge >= 0.3 is 11.9 Å². The molecule has 2 saturated carbocycles. The molecule has 1 aromatic rings. The van der Waals surface area contributed by atoms with E-state index in [1.807, 2.05) is 0 Å². The molecule has 3 aliphatic rings. The highest BCUT2D eigenvalue weighted by Gasteiger charge is 2.64. The molecule has 1 aromatic carbocycles. The third-order valence-electron chi connectivity index (χ3n) is 5.51. The number of fused-ring (bicyclic) bond motifs is 1. The molecular formula is C18H18O6. The van der Waals surface area contributed by atoms with Crippen molar-refractivity contribution in [3.63, 3.8) is 0 Å². The van der Waals surface area contributed by atoms with Crippen LogP contribution < -0.4 is 4.74 Å². The first kappa shape index (κ1) is 15.2. The van der Waals surface area contributed by atoms with E-state index in [1.54, 1.807) is 31.4 Å². The molecule has 0 amide bonds. The fraction of sp³-hybridized carbons (Fsp3) is 0.500. The zero-order valence-electron chi connectivity index (χ0n) is 13.3. The summed E-state index contributed by atoms with van der Waals surface area (Å²) in [5.41, 5.74) is 0.455. The van der Waals surface area contributed by atoms with Gasteiger partial charge in [0.1, 0.15) is 11.9 Å². The quantitative estimate of drug-likeness (QED) is 0.603. The lowest BCUT2D eigenvalue weighted by Gasteiger charge is -2.22. The Labute approximate surface area is 139 Å². The normalized spacial score (nSPS) is 32.5. The van der Waals surface area contributed by atoms with Crippen LogP contribution in [0.15, 0.2) is 24.3 Å².